The summed E-state index contributed by atoms with van der Waals surface area (Å²) in [6.07, 6.45) is 0.461. The lowest BCUT2D eigenvalue weighted by Gasteiger charge is -2.37. The zero-order chi connectivity index (χ0) is 25.3. The summed E-state index contributed by atoms with van der Waals surface area (Å²) in [5, 5.41) is 3.23. The lowest BCUT2D eigenvalue weighted by Crippen LogP contribution is -2.43. The van der Waals surface area contributed by atoms with Crippen LogP contribution in [-0.2, 0) is 30.5 Å². The maximum absolute atomic E-state index is 13.6. The number of ketones is 1. The van der Waals surface area contributed by atoms with E-state index in [1.54, 1.807) is 45.2 Å². The molecule has 0 amide bonds. The molecule has 0 saturated heterocycles. The average Bonchev–Trinajstić information content (AvgIpc) is 3.27. The van der Waals surface area contributed by atoms with Crippen LogP contribution in [0.4, 0.5) is 0 Å². The van der Waals surface area contributed by atoms with E-state index in [-0.39, 0.29) is 23.9 Å². The van der Waals surface area contributed by atoms with Gasteiger partial charge in [0.1, 0.15) is 29.8 Å². The maximum Gasteiger partial charge on any atom is 0.337 e. The Morgan fingerprint density at radius 3 is 2.40 bits per heavy atom. The van der Waals surface area contributed by atoms with Crippen molar-refractivity contribution >= 4 is 17.7 Å². The van der Waals surface area contributed by atoms with E-state index in [9.17, 15) is 14.4 Å². The van der Waals surface area contributed by atoms with Crippen molar-refractivity contribution in [3.63, 3.8) is 0 Å². The third-order valence-electron chi connectivity index (χ3n) is 6.54. The normalized spacial score (nSPS) is 21.9. The number of carbonyl (C=O) groups is 3. The molecule has 0 fully saturated rings. The zero-order valence-electron chi connectivity index (χ0n) is 20.5. The van der Waals surface area contributed by atoms with Gasteiger partial charge in [-0.25, -0.2) is 4.79 Å². The van der Waals surface area contributed by atoms with Crippen LogP contribution in [-0.4, -0.2) is 31.9 Å². The fourth-order valence-electron chi connectivity index (χ4n) is 4.79. The summed E-state index contributed by atoms with van der Waals surface area (Å²) in [7, 11) is 2.85. The lowest BCUT2D eigenvalue weighted by atomic mass is 9.70. The molecule has 35 heavy (non-hydrogen) atoms. The van der Waals surface area contributed by atoms with Gasteiger partial charge in [0.05, 0.1) is 25.7 Å². The number of furan rings is 1. The first-order valence-electron chi connectivity index (χ1n) is 11.4. The minimum absolute atomic E-state index is 0.0468. The van der Waals surface area contributed by atoms with Crippen molar-refractivity contribution in [3.8, 4) is 5.75 Å². The van der Waals surface area contributed by atoms with Gasteiger partial charge in [0, 0.05) is 17.0 Å². The van der Waals surface area contributed by atoms with Crippen LogP contribution in [0.2, 0.25) is 0 Å². The summed E-state index contributed by atoms with van der Waals surface area (Å²) < 4.78 is 21.6. The Morgan fingerprint density at radius 1 is 1.09 bits per heavy atom. The summed E-state index contributed by atoms with van der Waals surface area (Å²) >= 11 is 0. The molecule has 8 heteroatoms. The van der Waals surface area contributed by atoms with Crippen LogP contribution >= 0.6 is 0 Å². The fourth-order valence-corrected chi connectivity index (χ4v) is 4.79. The molecule has 1 aliphatic heterocycles. The van der Waals surface area contributed by atoms with Gasteiger partial charge < -0.3 is 23.9 Å². The van der Waals surface area contributed by atoms with Gasteiger partial charge in [-0.15, -0.1) is 0 Å². The zero-order valence-corrected chi connectivity index (χ0v) is 20.5. The van der Waals surface area contributed by atoms with E-state index < -0.39 is 23.8 Å². The number of dihydropyridines is 1. The quantitative estimate of drug-likeness (QED) is 0.491. The second-order valence-electron chi connectivity index (χ2n) is 8.91. The summed E-state index contributed by atoms with van der Waals surface area (Å²) in [6, 6.07) is 10.7. The molecule has 4 rings (SSSR count). The molecule has 2 aromatic rings. The van der Waals surface area contributed by atoms with Crippen LogP contribution in [0.5, 0.6) is 5.75 Å². The van der Waals surface area contributed by atoms with Crippen molar-refractivity contribution in [2.24, 2.45) is 11.8 Å². The Labute approximate surface area is 203 Å². The highest BCUT2D eigenvalue weighted by Crippen LogP contribution is 2.45. The molecule has 0 saturated carbocycles. The molecule has 2 heterocycles. The molecule has 8 nitrogen and oxygen atoms in total. The summed E-state index contributed by atoms with van der Waals surface area (Å²) in [5.41, 5.74) is 2.68. The first kappa shape index (κ1) is 24.3. The average molecular weight is 480 g/mol. The highest BCUT2D eigenvalue weighted by molar-refractivity contribution is 6.12. The minimum Gasteiger partial charge on any atom is -0.497 e. The van der Waals surface area contributed by atoms with E-state index in [1.165, 1.54) is 7.11 Å². The van der Waals surface area contributed by atoms with Crippen molar-refractivity contribution in [1.29, 1.82) is 0 Å². The van der Waals surface area contributed by atoms with Gasteiger partial charge >= 0.3 is 11.9 Å². The first-order valence-corrected chi connectivity index (χ1v) is 11.4. The smallest absolute Gasteiger partial charge is 0.337 e. The van der Waals surface area contributed by atoms with E-state index in [1.807, 2.05) is 19.1 Å². The van der Waals surface area contributed by atoms with E-state index in [0.29, 0.717) is 40.7 Å². The maximum atomic E-state index is 13.6. The molecule has 2 aliphatic rings. The molecule has 184 valence electrons. The number of aryl methyl sites for hydroxylation is 1. The van der Waals surface area contributed by atoms with Crippen molar-refractivity contribution < 1.29 is 33.0 Å². The molecule has 1 aromatic carbocycles. The fraction of sp³-hybridized carbons (Fsp3) is 0.370. The molecule has 0 unspecified atom stereocenters. The molecular formula is C27H29NO7. The second-order valence-corrected chi connectivity index (χ2v) is 8.91. The number of rotatable bonds is 6. The van der Waals surface area contributed by atoms with E-state index in [2.05, 4.69) is 5.32 Å². The first-order chi connectivity index (χ1) is 16.7. The van der Waals surface area contributed by atoms with Gasteiger partial charge in [0.15, 0.2) is 5.78 Å². The third-order valence-corrected chi connectivity index (χ3v) is 6.54. The number of ether oxygens (including phenoxy) is 3. The van der Waals surface area contributed by atoms with Crippen molar-refractivity contribution in [2.45, 2.75) is 39.7 Å². The monoisotopic (exact) mass is 479 g/mol. The topological polar surface area (TPSA) is 104 Å². The van der Waals surface area contributed by atoms with E-state index in [4.69, 9.17) is 18.6 Å². The number of carbonyl (C=O) groups excluding carboxylic acids is 3. The SMILES string of the molecule is COC(=O)[C@@H]1C(=O)C2=C(C[C@@H]1C)NC(C)=C(C(=O)OCc1ccc(OC)cc1)[C@H]2c1ccc(C)o1. The lowest BCUT2D eigenvalue weighted by molar-refractivity contribution is -0.151. The van der Waals surface area contributed by atoms with Gasteiger partial charge in [0.25, 0.3) is 0 Å². The van der Waals surface area contributed by atoms with Gasteiger partial charge in [-0.2, -0.15) is 0 Å². The van der Waals surface area contributed by atoms with Gasteiger partial charge in [-0.3, -0.25) is 9.59 Å². The summed E-state index contributed by atoms with van der Waals surface area (Å²) in [5.74, 6) is -1.74. The number of allylic oxidation sites excluding steroid dienone is 3. The van der Waals surface area contributed by atoms with Crippen LogP contribution in [0.15, 0.2) is 63.4 Å². The number of nitrogens with one attached hydrogen (secondary N) is 1. The molecule has 0 spiro atoms. The number of esters is 2. The van der Waals surface area contributed by atoms with Crippen molar-refractivity contribution in [1.82, 2.24) is 5.32 Å². The Kier molecular flexibility index (Phi) is 6.82. The van der Waals surface area contributed by atoms with Gasteiger partial charge in [-0.05, 0) is 56.0 Å². The standard InChI is InChI=1S/C27H29NO7/c1-14-12-19-23(25(29)21(14)26(30)33-5)24(20-11-6-15(2)35-20)22(16(3)28-19)27(31)34-13-17-7-9-18(32-4)10-8-17/h6-11,14,21,24,28H,12-13H2,1-5H3/t14-,21-,24+/m0/s1. The van der Waals surface area contributed by atoms with Gasteiger partial charge in [-0.1, -0.05) is 19.1 Å². The summed E-state index contributed by atoms with van der Waals surface area (Å²) in [6.45, 7) is 5.46. The molecule has 1 aromatic heterocycles. The molecule has 3 atom stereocenters. The van der Waals surface area contributed by atoms with E-state index in [0.717, 1.165) is 5.56 Å². The van der Waals surface area contributed by atoms with Crippen LogP contribution in [0.1, 0.15) is 43.3 Å². The molecule has 0 radical (unpaired) electrons. The Morgan fingerprint density at radius 2 is 1.80 bits per heavy atom. The summed E-state index contributed by atoms with van der Waals surface area (Å²) in [4.78, 5) is 39.5. The second kappa shape index (κ2) is 9.82. The van der Waals surface area contributed by atoms with Crippen LogP contribution in [0, 0.1) is 18.8 Å². The van der Waals surface area contributed by atoms with Crippen LogP contribution in [0.3, 0.4) is 0 Å². The van der Waals surface area contributed by atoms with E-state index >= 15 is 0 Å². The molecule has 1 N–H and O–H groups in total. The number of benzene rings is 1. The Hall–Kier alpha value is -3.81. The predicted molar refractivity (Wildman–Crippen MR) is 126 cm³/mol. The van der Waals surface area contributed by atoms with Crippen molar-refractivity contribution in [3.05, 3.63) is 76.0 Å². The van der Waals surface area contributed by atoms with Crippen LogP contribution in [0.25, 0.3) is 0 Å². The largest absolute Gasteiger partial charge is 0.497 e. The molecular weight excluding hydrogens is 450 g/mol. The van der Waals surface area contributed by atoms with Crippen molar-refractivity contribution in [2.75, 3.05) is 14.2 Å². The number of hydrogen-bond donors (Lipinski definition) is 1. The third kappa shape index (κ3) is 4.60. The highest BCUT2D eigenvalue weighted by atomic mass is 16.5. The Balaban J connectivity index is 1.69. The highest BCUT2D eigenvalue weighted by Gasteiger charge is 2.48. The molecule has 0 bridgehead atoms. The van der Waals surface area contributed by atoms with Gasteiger partial charge in [0.2, 0.25) is 0 Å². The number of methoxy groups -OCH3 is 2. The number of hydrogen-bond acceptors (Lipinski definition) is 8. The minimum atomic E-state index is -0.950. The Bertz CT molecular complexity index is 1220. The predicted octanol–water partition coefficient (Wildman–Crippen LogP) is 3.95. The van der Waals surface area contributed by atoms with Crippen LogP contribution < -0.4 is 10.1 Å². The number of Topliss-reactive ketones (excluding diaryl/α,β-unsaturated/α-hetero) is 1. The molecule has 1 aliphatic carbocycles.